The Bertz CT molecular complexity index is 193. The van der Waals surface area contributed by atoms with Gasteiger partial charge >= 0.3 is 0 Å². The van der Waals surface area contributed by atoms with Crippen molar-refractivity contribution in [2.24, 2.45) is 5.92 Å². The Hall–Kier alpha value is -0.340. The number of nitrogens with one attached hydrogen (secondary N) is 1. The van der Waals surface area contributed by atoms with Gasteiger partial charge in [0, 0.05) is 18.6 Å². The van der Waals surface area contributed by atoms with E-state index in [0.29, 0.717) is 18.1 Å². The van der Waals surface area contributed by atoms with Crippen LogP contribution < -0.4 is 5.32 Å². The smallest absolute Gasteiger partial charge is 0.0590 e. The minimum atomic E-state index is 0.429. The largest absolute Gasteiger partial charge is 0.378 e. The molecule has 0 amide bonds. The minimum absolute atomic E-state index is 0.429. The van der Waals surface area contributed by atoms with Crippen molar-refractivity contribution >= 4 is 0 Å². The molecule has 1 heterocycles. The van der Waals surface area contributed by atoms with E-state index in [1.165, 1.54) is 25.7 Å². The quantitative estimate of drug-likeness (QED) is 0.506. The summed E-state index contributed by atoms with van der Waals surface area (Å²) in [6.07, 6.45) is 8.50. The zero-order chi connectivity index (χ0) is 11.8. The van der Waals surface area contributed by atoms with Gasteiger partial charge in [-0.1, -0.05) is 13.0 Å². The second-order valence-electron chi connectivity index (χ2n) is 4.81. The highest BCUT2D eigenvalue weighted by Crippen LogP contribution is 2.26. The summed E-state index contributed by atoms with van der Waals surface area (Å²) in [6, 6.07) is 0.636. The lowest BCUT2D eigenvalue weighted by molar-refractivity contribution is 0.0940. The number of hydrogen-bond donors (Lipinski definition) is 1. The Morgan fingerprint density at radius 3 is 2.94 bits per heavy atom. The molecule has 1 aliphatic rings. The van der Waals surface area contributed by atoms with Crippen LogP contribution in [0.1, 0.15) is 46.0 Å². The topological polar surface area (TPSA) is 21.3 Å². The first-order chi connectivity index (χ1) is 7.79. The highest BCUT2D eigenvalue weighted by atomic mass is 16.5. The zero-order valence-electron chi connectivity index (χ0n) is 10.9. The molecule has 2 heteroatoms. The summed E-state index contributed by atoms with van der Waals surface area (Å²) >= 11 is 0. The SMILES string of the molecule is C=CCCCC(NCCC)C1CCOC1C. The molecule has 94 valence electrons. The van der Waals surface area contributed by atoms with Gasteiger partial charge in [-0.3, -0.25) is 0 Å². The van der Waals surface area contributed by atoms with Gasteiger partial charge in [0.1, 0.15) is 0 Å². The van der Waals surface area contributed by atoms with Gasteiger partial charge in [0.2, 0.25) is 0 Å². The van der Waals surface area contributed by atoms with Gasteiger partial charge in [-0.2, -0.15) is 0 Å². The van der Waals surface area contributed by atoms with Crippen molar-refractivity contribution < 1.29 is 4.74 Å². The summed E-state index contributed by atoms with van der Waals surface area (Å²) in [5.41, 5.74) is 0. The molecule has 1 saturated heterocycles. The number of ether oxygens (including phenoxy) is 1. The van der Waals surface area contributed by atoms with E-state index in [1.54, 1.807) is 0 Å². The molecule has 1 N–H and O–H groups in total. The first-order valence-corrected chi connectivity index (χ1v) is 6.75. The zero-order valence-corrected chi connectivity index (χ0v) is 10.9. The average molecular weight is 225 g/mol. The fourth-order valence-electron chi connectivity index (χ4n) is 2.56. The van der Waals surface area contributed by atoms with E-state index >= 15 is 0 Å². The van der Waals surface area contributed by atoms with Crippen molar-refractivity contribution in [3.63, 3.8) is 0 Å². The number of rotatable bonds is 8. The van der Waals surface area contributed by atoms with E-state index in [-0.39, 0.29) is 0 Å². The second-order valence-corrected chi connectivity index (χ2v) is 4.81. The van der Waals surface area contributed by atoms with Gasteiger partial charge < -0.3 is 10.1 Å². The molecule has 1 fully saturated rings. The Labute approximate surface area is 100 Å². The first kappa shape index (κ1) is 13.7. The fourth-order valence-corrected chi connectivity index (χ4v) is 2.56. The summed E-state index contributed by atoms with van der Waals surface area (Å²) in [4.78, 5) is 0. The molecule has 1 aliphatic heterocycles. The molecule has 3 atom stereocenters. The molecule has 0 spiro atoms. The third kappa shape index (κ3) is 4.26. The van der Waals surface area contributed by atoms with Crippen LogP contribution in [0.15, 0.2) is 12.7 Å². The van der Waals surface area contributed by atoms with Gasteiger partial charge in [0.15, 0.2) is 0 Å². The van der Waals surface area contributed by atoms with Crippen molar-refractivity contribution in [2.45, 2.75) is 58.1 Å². The lowest BCUT2D eigenvalue weighted by Gasteiger charge is -2.27. The molecule has 0 aromatic carbocycles. The van der Waals surface area contributed by atoms with Crippen LogP contribution in [0.25, 0.3) is 0 Å². The fraction of sp³-hybridized carbons (Fsp3) is 0.857. The van der Waals surface area contributed by atoms with E-state index < -0.39 is 0 Å². The predicted octanol–water partition coefficient (Wildman–Crippen LogP) is 3.14. The molecular weight excluding hydrogens is 198 g/mol. The molecule has 0 aliphatic carbocycles. The van der Waals surface area contributed by atoms with Crippen molar-refractivity contribution in [2.75, 3.05) is 13.2 Å². The van der Waals surface area contributed by atoms with Crippen molar-refractivity contribution in [3.8, 4) is 0 Å². The first-order valence-electron chi connectivity index (χ1n) is 6.75. The molecule has 0 aromatic rings. The Morgan fingerprint density at radius 2 is 2.38 bits per heavy atom. The van der Waals surface area contributed by atoms with Crippen LogP contribution in [0.4, 0.5) is 0 Å². The van der Waals surface area contributed by atoms with Gasteiger partial charge in [-0.05, 0) is 45.6 Å². The normalized spacial score (nSPS) is 26.9. The average Bonchev–Trinajstić information content (AvgIpc) is 2.70. The highest BCUT2D eigenvalue weighted by molar-refractivity contribution is 4.85. The Balaban J connectivity index is 2.38. The molecule has 0 radical (unpaired) electrons. The van der Waals surface area contributed by atoms with Crippen LogP contribution in [0.3, 0.4) is 0 Å². The van der Waals surface area contributed by atoms with Crippen molar-refractivity contribution in [1.82, 2.24) is 5.32 Å². The summed E-state index contributed by atoms with van der Waals surface area (Å²) in [5, 5.41) is 3.69. The van der Waals surface area contributed by atoms with Crippen LogP contribution in [-0.4, -0.2) is 25.3 Å². The monoisotopic (exact) mass is 225 g/mol. The van der Waals surface area contributed by atoms with Gasteiger partial charge in [-0.15, -0.1) is 6.58 Å². The van der Waals surface area contributed by atoms with Gasteiger partial charge in [-0.25, -0.2) is 0 Å². The van der Waals surface area contributed by atoms with Crippen molar-refractivity contribution in [1.29, 1.82) is 0 Å². The van der Waals surface area contributed by atoms with Gasteiger partial charge in [0.25, 0.3) is 0 Å². The van der Waals surface area contributed by atoms with E-state index in [2.05, 4.69) is 25.7 Å². The molecule has 0 aromatic heterocycles. The van der Waals surface area contributed by atoms with Crippen LogP contribution in [0.5, 0.6) is 0 Å². The Kier molecular flexibility index (Phi) is 6.74. The van der Waals surface area contributed by atoms with E-state index in [1.807, 2.05) is 6.08 Å². The third-order valence-electron chi connectivity index (χ3n) is 3.53. The summed E-state index contributed by atoms with van der Waals surface area (Å²) in [6.45, 7) is 10.3. The van der Waals surface area contributed by atoms with E-state index in [9.17, 15) is 0 Å². The number of unbranched alkanes of at least 4 members (excludes halogenated alkanes) is 1. The van der Waals surface area contributed by atoms with E-state index in [0.717, 1.165) is 19.6 Å². The molecule has 0 bridgehead atoms. The van der Waals surface area contributed by atoms with Crippen LogP contribution >= 0.6 is 0 Å². The summed E-state index contributed by atoms with van der Waals surface area (Å²) in [7, 11) is 0. The number of hydrogen-bond acceptors (Lipinski definition) is 2. The Morgan fingerprint density at radius 1 is 1.56 bits per heavy atom. The lowest BCUT2D eigenvalue weighted by Crippen LogP contribution is -2.39. The maximum atomic E-state index is 5.67. The standard InChI is InChI=1S/C14H27NO/c1-4-6-7-8-14(15-10-5-2)13-9-11-16-12(13)3/h4,12-15H,1,5-11H2,2-3H3. The predicted molar refractivity (Wildman–Crippen MR) is 69.7 cm³/mol. The van der Waals surface area contributed by atoms with Gasteiger partial charge in [0.05, 0.1) is 6.10 Å². The van der Waals surface area contributed by atoms with Crippen LogP contribution in [0, 0.1) is 5.92 Å². The summed E-state index contributed by atoms with van der Waals surface area (Å²) < 4.78 is 5.67. The minimum Gasteiger partial charge on any atom is -0.378 e. The second kappa shape index (κ2) is 7.86. The van der Waals surface area contributed by atoms with Crippen molar-refractivity contribution in [3.05, 3.63) is 12.7 Å². The summed E-state index contributed by atoms with van der Waals surface area (Å²) in [5.74, 6) is 0.705. The maximum absolute atomic E-state index is 5.67. The third-order valence-corrected chi connectivity index (χ3v) is 3.53. The molecule has 1 rings (SSSR count). The molecule has 2 nitrogen and oxygen atoms in total. The highest BCUT2D eigenvalue weighted by Gasteiger charge is 2.30. The maximum Gasteiger partial charge on any atom is 0.0590 e. The molecular formula is C14H27NO. The van der Waals surface area contributed by atoms with Crippen LogP contribution in [0.2, 0.25) is 0 Å². The number of allylic oxidation sites excluding steroid dienone is 1. The van der Waals surface area contributed by atoms with E-state index in [4.69, 9.17) is 4.74 Å². The molecule has 0 saturated carbocycles. The van der Waals surface area contributed by atoms with Crippen LogP contribution in [-0.2, 0) is 4.74 Å². The molecule has 16 heavy (non-hydrogen) atoms. The molecule has 3 unspecified atom stereocenters. The lowest BCUT2D eigenvalue weighted by atomic mass is 9.89.